The van der Waals surface area contributed by atoms with E-state index in [1.165, 1.54) is 44.1 Å². The Morgan fingerprint density at radius 1 is 1.17 bits per heavy atom. The molecule has 0 heteroatoms. The van der Waals surface area contributed by atoms with Gasteiger partial charge in [0.1, 0.15) is 0 Å². The van der Waals surface area contributed by atoms with Crippen molar-refractivity contribution in [1.29, 1.82) is 0 Å². The van der Waals surface area contributed by atoms with Crippen molar-refractivity contribution in [1.82, 2.24) is 0 Å². The Balaban J connectivity index is 2.58. The molecule has 0 saturated heterocycles. The average Bonchev–Trinajstić information content (AvgIpc) is 2.15. The predicted octanol–water partition coefficient (Wildman–Crippen LogP) is 4.08. The molecule has 12 heavy (non-hydrogen) atoms. The van der Waals surface area contributed by atoms with Gasteiger partial charge in [-0.1, -0.05) is 26.7 Å². The van der Waals surface area contributed by atoms with E-state index in [0.29, 0.717) is 5.92 Å². The van der Waals surface area contributed by atoms with Crippen molar-refractivity contribution in [3.63, 3.8) is 0 Å². The van der Waals surface area contributed by atoms with Crippen LogP contribution in [0.15, 0.2) is 17.4 Å². The molecular formula is C12H20. The second-order valence-corrected chi connectivity index (χ2v) is 3.98. The molecule has 0 saturated carbocycles. The summed E-state index contributed by atoms with van der Waals surface area (Å²) in [7, 11) is 0. The van der Waals surface area contributed by atoms with Gasteiger partial charge in [0.15, 0.2) is 0 Å². The zero-order chi connectivity index (χ0) is 8.81. The van der Waals surface area contributed by atoms with E-state index in [0.717, 1.165) is 0 Å². The van der Waals surface area contributed by atoms with Crippen LogP contribution in [0.3, 0.4) is 0 Å². The molecule has 0 bridgehead atoms. The topological polar surface area (TPSA) is 0 Å². The summed E-state index contributed by atoms with van der Waals surface area (Å²) in [6.45, 7) is 4.54. The molecule has 68 valence electrons. The molecule has 0 aromatic rings. The summed E-state index contributed by atoms with van der Waals surface area (Å²) < 4.78 is 0. The molecule has 1 aliphatic rings. The van der Waals surface area contributed by atoms with Crippen LogP contribution in [0.2, 0.25) is 0 Å². The van der Waals surface area contributed by atoms with Crippen LogP contribution in [0.4, 0.5) is 0 Å². The molecule has 0 radical (unpaired) electrons. The highest BCUT2D eigenvalue weighted by Gasteiger charge is 2.02. The molecule has 0 spiro atoms. The lowest BCUT2D eigenvalue weighted by Gasteiger charge is -2.06. The van der Waals surface area contributed by atoms with Crippen LogP contribution in [0.25, 0.3) is 0 Å². The Kier molecular flexibility index (Phi) is 4.18. The fourth-order valence-corrected chi connectivity index (χ4v) is 1.65. The molecule has 1 aliphatic carbocycles. The average molecular weight is 164 g/mol. The fourth-order valence-electron chi connectivity index (χ4n) is 1.65. The van der Waals surface area contributed by atoms with Crippen LogP contribution in [-0.4, -0.2) is 0 Å². The van der Waals surface area contributed by atoms with Crippen LogP contribution in [0, 0.1) is 5.92 Å². The first-order valence-electron chi connectivity index (χ1n) is 5.24. The zero-order valence-electron chi connectivity index (χ0n) is 8.40. The Morgan fingerprint density at radius 3 is 2.67 bits per heavy atom. The third-order valence-corrected chi connectivity index (χ3v) is 2.53. The molecule has 1 rings (SSSR count). The molecule has 0 heterocycles. The standard InChI is InChI=1S/C12H20/c1-11(2)12-9-7-5-3-4-6-8-10-12/h7,11H,3-6,8,10H2,1-2H3. The van der Waals surface area contributed by atoms with Gasteiger partial charge in [-0.25, -0.2) is 0 Å². The molecule has 0 unspecified atom stereocenters. The van der Waals surface area contributed by atoms with Crippen molar-refractivity contribution in [2.45, 2.75) is 52.4 Å². The number of rotatable bonds is 1. The van der Waals surface area contributed by atoms with E-state index in [-0.39, 0.29) is 0 Å². The van der Waals surface area contributed by atoms with Crippen LogP contribution < -0.4 is 0 Å². The van der Waals surface area contributed by atoms with Gasteiger partial charge in [0, 0.05) is 0 Å². The molecule has 0 amide bonds. The number of hydrogen-bond acceptors (Lipinski definition) is 0. The quantitative estimate of drug-likeness (QED) is 0.512. The van der Waals surface area contributed by atoms with Crippen molar-refractivity contribution < 1.29 is 0 Å². The van der Waals surface area contributed by atoms with Gasteiger partial charge in [-0.2, -0.15) is 0 Å². The minimum Gasteiger partial charge on any atom is -0.126 e. The van der Waals surface area contributed by atoms with E-state index < -0.39 is 0 Å². The molecule has 0 aromatic carbocycles. The van der Waals surface area contributed by atoms with E-state index in [2.05, 4.69) is 25.7 Å². The van der Waals surface area contributed by atoms with Gasteiger partial charge in [0.05, 0.1) is 0 Å². The van der Waals surface area contributed by atoms with E-state index in [1.54, 1.807) is 0 Å². The lowest BCUT2D eigenvalue weighted by Crippen LogP contribution is -1.92. The molecule has 0 aromatic heterocycles. The van der Waals surface area contributed by atoms with Gasteiger partial charge >= 0.3 is 0 Å². The summed E-state index contributed by atoms with van der Waals surface area (Å²) >= 11 is 0. The van der Waals surface area contributed by atoms with Gasteiger partial charge in [-0.15, -0.1) is 5.73 Å². The summed E-state index contributed by atoms with van der Waals surface area (Å²) in [5.41, 5.74) is 4.98. The Hall–Kier alpha value is -0.480. The number of hydrogen-bond donors (Lipinski definition) is 0. The minimum atomic E-state index is 0.694. The van der Waals surface area contributed by atoms with E-state index in [9.17, 15) is 0 Å². The lowest BCUT2D eigenvalue weighted by atomic mass is 9.98. The summed E-state index contributed by atoms with van der Waals surface area (Å²) in [6, 6.07) is 0. The Bertz CT molecular complexity index is 180. The van der Waals surface area contributed by atoms with Crippen molar-refractivity contribution in [3.05, 3.63) is 17.4 Å². The first-order valence-corrected chi connectivity index (χ1v) is 5.24. The lowest BCUT2D eigenvalue weighted by molar-refractivity contribution is 0.621. The normalized spacial score (nSPS) is 19.8. The van der Waals surface area contributed by atoms with Crippen LogP contribution >= 0.6 is 0 Å². The molecular weight excluding hydrogens is 144 g/mol. The molecule has 0 nitrogen and oxygen atoms in total. The van der Waals surface area contributed by atoms with Crippen molar-refractivity contribution in [2.75, 3.05) is 0 Å². The van der Waals surface area contributed by atoms with Crippen LogP contribution in [0.1, 0.15) is 52.4 Å². The second kappa shape index (κ2) is 5.22. The van der Waals surface area contributed by atoms with Crippen molar-refractivity contribution in [2.24, 2.45) is 5.92 Å². The fraction of sp³-hybridized carbons (Fsp3) is 0.750. The third-order valence-electron chi connectivity index (χ3n) is 2.53. The summed E-state index contributed by atoms with van der Waals surface area (Å²) in [6.07, 6.45) is 10.3. The zero-order valence-corrected chi connectivity index (χ0v) is 8.40. The largest absolute Gasteiger partial charge is 0.126 e. The van der Waals surface area contributed by atoms with E-state index in [4.69, 9.17) is 0 Å². The molecule has 0 atom stereocenters. The van der Waals surface area contributed by atoms with Crippen LogP contribution in [-0.2, 0) is 0 Å². The van der Waals surface area contributed by atoms with Crippen molar-refractivity contribution >= 4 is 0 Å². The Labute approximate surface area is 76.4 Å². The summed E-state index contributed by atoms with van der Waals surface area (Å²) in [5, 5.41) is 0. The van der Waals surface area contributed by atoms with Gasteiger partial charge in [-0.3, -0.25) is 0 Å². The maximum absolute atomic E-state index is 3.45. The second-order valence-electron chi connectivity index (χ2n) is 3.98. The maximum Gasteiger partial charge on any atom is -0.0184 e. The summed E-state index contributed by atoms with van der Waals surface area (Å²) in [5.74, 6) is 0.694. The molecule has 0 fully saturated rings. The van der Waals surface area contributed by atoms with Gasteiger partial charge in [0.2, 0.25) is 0 Å². The van der Waals surface area contributed by atoms with Gasteiger partial charge in [-0.05, 0) is 43.3 Å². The van der Waals surface area contributed by atoms with Crippen LogP contribution in [0.5, 0.6) is 0 Å². The third kappa shape index (κ3) is 3.28. The SMILES string of the molecule is CC(C)C1=C=CCCCCCC1. The number of allylic oxidation sites excluding steroid dienone is 1. The van der Waals surface area contributed by atoms with Gasteiger partial charge in [0.25, 0.3) is 0 Å². The predicted molar refractivity (Wildman–Crippen MR) is 54.1 cm³/mol. The monoisotopic (exact) mass is 164 g/mol. The summed E-state index contributed by atoms with van der Waals surface area (Å²) in [4.78, 5) is 0. The minimum absolute atomic E-state index is 0.694. The Morgan fingerprint density at radius 2 is 1.92 bits per heavy atom. The first-order chi connectivity index (χ1) is 5.80. The molecule has 0 aliphatic heterocycles. The van der Waals surface area contributed by atoms with E-state index in [1.807, 2.05) is 0 Å². The highest BCUT2D eigenvalue weighted by Crippen LogP contribution is 2.18. The van der Waals surface area contributed by atoms with Crippen molar-refractivity contribution in [3.8, 4) is 0 Å². The molecule has 0 N–H and O–H groups in total. The highest BCUT2D eigenvalue weighted by atomic mass is 14.1. The first kappa shape index (κ1) is 9.61. The van der Waals surface area contributed by atoms with Gasteiger partial charge < -0.3 is 0 Å². The van der Waals surface area contributed by atoms with E-state index >= 15 is 0 Å². The maximum atomic E-state index is 3.45. The smallest absolute Gasteiger partial charge is 0.0184 e. The highest BCUT2D eigenvalue weighted by molar-refractivity contribution is 5.04.